The number of aromatic nitrogens is 2. The molecular formula is C14H13Br2N3O. The molecule has 0 bridgehead atoms. The second-order valence-corrected chi connectivity index (χ2v) is 6.41. The van der Waals surface area contributed by atoms with Crippen molar-refractivity contribution in [2.75, 3.05) is 16.8 Å². The van der Waals surface area contributed by atoms with E-state index in [4.69, 9.17) is 0 Å². The maximum atomic E-state index is 12.0. The standard InChI is InChI=1S/C14H13Br2N3O/c15-6-10-5-14(20)18(8-10)12-1-3-13(4-2-12)19-9-11(16)7-17-19/h1-4,7,9-10H,5-6,8H2. The summed E-state index contributed by atoms with van der Waals surface area (Å²) in [6, 6.07) is 7.89. The molecule has 1 fully saturated rings. The van der Waals surface area contributed by atoms with Crippen molar-refractivity contribution < 1.29 is 4.79 Å². The average molecular weight is 399 g/mol. The molecule has 1 saturated heterocycles. The lowest BCUT2D eigenvalue weighted by Gasteiger charge is -2.16. The maximum absolute atomic E-state index is 12.0. The molecule has 1 aromatic carbocycles. The summed E-state index contributed by atoms with van der Waals surface area (Å²) in [5.41, 5.74) is 1.93. The minimum atomic E-state index is 0.198. The van der Waals surface area contributed by atoms with Gasteiger partial charge in [-0.1, -0.05) is 15.9 Å². The van der Waals surface area contributed by atoms with Crippen LogP contribution in [0, 0.1) is 5.92 Å². The highest BCUT2D eigenvalue weighted by Gasteiger charge is 2.29. The third-order valence-electron chi connectivity index (χ3n) is 3.40. The zero-order chi connectivity index (χ0) is 14.1. The highest BCUT2D eigenvalue weighted by atomic mass is 79.9. The topological polar surface area (TPSA) is 38.1 Å². The van der Waals surface area contributed by atoms with E-state index in [1.54, 1.807) is 10.9 Å². The van der Waals surface area contributed by atoms with Gasteiger partial charge in [-0.3, -0.25) is 4.79 Å². The summed E-state index contributed by atoms with van der Waals surface area (Å²) in [5.74, 6) is 0.605. The zero-order valence-electron chi connectivity index (χ0n) is 10.7. The lowest BCUT2D eigenvalue weighted by Crippen LogP contribution is -2.24. The van der Waals surface area contributed by atoms with Gasteiger partial charge in [0, 0.05) is 30.2 Å². The largest absolute Gasteiger partial charge is 0.312 e. The number of carbonyl (C=O) groups excluding carboxylic acids is 1. The van der Waals surface area contributed by atoms with Gasteiger partial charge in [0.05, 0.1) is 16.4 Å². The summed E-state index contributed by atoms with van der Waals surface area (Å²) in [4.78, 5) is 13.8. The maximum Gasteiger partial charge on any atom is 0.227 e. The lowest BCUT2D eigenvalue weighted by atomic mass is 10.2. The van der Waals surface area contributed by atoms with Crippen molar-refractivity contribution in [2.24, 2.45) is 5.92 Å². The summed E-state index contributed by atoms with van der Waals surface area (Å²) in [5, 5.41) is 5.11. The first-order chi connectivity index (χ1) is 9.67. The number of halogens is 2. The molecule has 1 aliphatic rings. The third kappa shape index (κ3) is 2.67. The molecule has 104 valence electrons. The number of hydrogen-bond donors (Lipinski definition) is 0. The highest BCUT2D eigenvalue weighted by molar-refractivity contribution is 9.10. The van der Waals surface area contributed by atoms with Gasteiger partial charge in [-0.15, -0.1) is 0 Å². The predicted molar refractivity (Wildman–Crippen MR) is 85.5 cm³/mol. The van der Waals surface area contributed by atoms with Crippen molar-refractivity contribution in [2.45, 2.75) is 6.42 Å². The number of amides is 1. The van der Waals surface area contributed by atoms with Crippen molar-refractivity contribution in [1.29, 1.82) is 0 Å². The van der Waals surface area contributed by atoms with E-state index in [9.17, 15) is 4.79 Å². The Balaban J connectivity index is 1.81. The molecule has 0 saturated carbocycles. The number of carbonyl (C=O) groups is 1. The molecular weight excluding hydrogens is 386 g/mol. The monoisotopic (exact) mass is 397 g/mol. The van der Waals surface area contributed by atoms with E-state index in [1.807, 2.05) is 35.4 Å². The van der Waals surface area contributed by atoms with Gasteiger partial charge in [0.15, 0.2) is 0 Å². The smallest absolute Gasteiger partial charge is 0.227 e. The summed E-state index contributed by atoms with van der Waals surface area (Å²) in [6.45, 7) is 0.788. The molecule has 2 aromatic rings. The molecule has 1 unspecified atom stereocenters. The Morgan fingerprint density at radius 1 is 1.25 bits per heavy atom. The SMILES string of the molecule is O=C1CC(CBr)CN1c1ccc(-n2cc(Br)cn2)cc1. The summed E-state index contributed by atoms with van der Waals surface area (Å²) in [6.07, 6.45) is 4.27. The highest BCUT2D eigenvalue weighted by Crippen LogP contribution is 2.27. The number of benzene rings is 1. The number of rotatable bonds is 3. The van der Waals surface area contributed by atoms with Crippen LogP contribution in [0.1, 0.15) is 6.42 Å². The summed E-state index contributed by atoms with van der Waals surface area (Å²) >= 11 is 6.83. The van der Waals surface area contributed by atoms with Gasteiger partial charge < -0.3 is 4.90 Å². The molecule has 1 aromatic heterocycles. The fourth-order valence-electron chi connectivity index (χ4n) is 2.36. The van der Waals surface area contributed by atoms with Crippen molar-refractivity contribution in [1.82, 2.24) is 9.78 Å². The van der Waals surface area contributed by atoms with Crippen LogP contribution in [0.5, 0.6) is 0 Å². The van der Waals surface area contributed by atoms with Crippen LogP contribution in [0.4, 0.5) is 5.69 Å². The van der Waals surface area contributed by atoms with Crippen LogP contribution in [0.25, 0.3) is 5.69 Å². The Bertz CT molecular complexity index is 624. The predicted octanol–water partition coefficient (Wildman–Crippen LogP) is 3.38. The van der Waals surface area contributed by atoms with E-state index in [0.717, 1.165) is 27.7 Å². The van der Waals surface area contributed by atoms with Crippen molar-refractivity contribution in [3.63, 3.8) is 0 Å². The quantitative estimate of drug-likeness (QED) is 0.743. The Hall–Kier alpha value is -1.14. The fourth-order valence-corrected chi connectivity index (χ4v) is 3.08. The van der Waals surface area contributed by atoms with Crippen LogP contribution < -0.4 is 4.90 Å². The minimum absolute atomic E-state index is 0.198. The molecule has 0 aliphatic carbocycles. The molecule has 3 rings (SSSR count). The third-order valence-corrected chi connectivity index (χ3v) is 4.73. The fraction of sp³-hybridized carbons (Fsp3) is 0.286. The van der Waals surface area contributed by atoms with E-state index in [0.29, 0.717) is 12.3 Å². The number of anilines is 1. The Labute approximate surface area is 134 Å². The van der Waals surface area contributed by atoms with Gasteiger partial charge in [0.1, 0.15) is 0 Å². The van der Waals surface area contributed by atoms with Crippen LogP contribution in [-0.2, 0) is 4.79 Å². The molecule has 2 heterocycles. The van der Waals surface area contributed by atoms with Crippen LogP contribution in [0.2, 0.25) is 0 Å². The van der Waals surface area contributed by atoms with Crippen LogP contribution in [0.3, 0.4) is 0 Å². The molecule has 0 N–H and O–H groups in total. The molecule has 6 heteroatoms. The molecule has 0 radical (unpaired) electrons. The normalized spacial score (nSPS) is 18.8. The molecule has 1 amide bonds. The van der Waals surface area contributed by atoms with E-state index >= 15 is 0 Å². The molecule has 0 spiro atoms. The van der Waals surface area contributed by atoms with Crippen LogP contribution in [-0.4, -0.2) is 27.6 Å². The van der Waals surface area contributed by atoms with Crippen molar-refractivity contribution in [3.8, 4) is 5.69 Å². The molecule has 1 atom stereocenters. The van der Waals surface area contributed by atoms with Gasteiger partial charge in [-0.05, 0) is 46.1 Å². The molecule has 20 heavy (non-hydrogen) atoms. The number of hydrogen-bond acceptors (Lipinski definition) is 2. The minimum Gasteiger partial charge on any atom is -0.312 e. The van der Waals surface area contributed by atoms with E-state index < -0.39 is 0 Å². The average Bonchev–Trinajstić information content (AvgIpc) is 3.05. The van der Waals surface area contributed by atoms with Crippen molar-refractivity contribution in [3.05, 3.63) is 41.1 Å². The first-order valence-electron chi connectivity index (χ1n) is 6.34. The molecule has 4 nitrogen and oxygen atoms in total. The Morgan fingerprint density at radius 2 is 1.95 bits per heavy atom. The molecule has 1 aliphatic heterocycles. The summed E-state index contributed by atoms with van der Waals surface area (Å²) in [7, 11) is 0. The Morgan fingerprint density at radius 3 is 2.50 bits per heavy atom. The first kappa shape index (κ1) is 13.8. The number of alkyl halides is 1. The van der Waals surface area contributed by atoms with E-state index in [1.165, 1.54) is 0 Å². The van der Waals surface area contributed by atoms with Gasteiger partial charge in [0.2, 0.25) is 5.91 Å². The van der Waals surface area contributed by atoms with E-state index in [2.05, 4.69) is 37.0 Å². The first-order valence-corrected chi connectivity index (χ1v) is 8.26. The second-order valence-electron chi connectivity index (χ2n) is 4.85. The second kappa shape index (κ2) is 5.69. The van der Waals surface area contributed by atoms with Gasteiger partial charge in [-0.2, -0.15) is 5.10 Å². The van der Waals surface area contributed by atoms with Gasteiger partial charge in [0.25, 0.3) is 0 Å². The summed E-state index contributed by atoms with van der Waals surface area (Å²) < 4.78 is 2.73. The zero-order valence-corrected chi connectivity index (χ0v) is 13.8. The Kier molecular flexibility index (Phi) is 3.94. The van der Waals surface area contributed by atoms with Crippen LogP contribution in [0.15, 0.2) is 41.1 Å². The van der Waals surface area contributed by atoms with E-state index in [-0.39, 0.29) is 5.91 Å². The van der Waals surface area contributed by atoms with Gasteiger partial charge in [-0.25, -0.2) is 4.68 Å². The number of nitrogens with zero attached hydrogens (tertiary/aromatic N) is 3. The van der Waals surface area contributed by atoms with Crippen LogP contribution >= 0.6 is 31.9 Å². The lowest BCUT2D eigenvalue weighted by molar-refractivity contribution is -0.117. The van der Waals surface area contributed by atoms with Crippen molar-refractivity contribution >= 4 is 43.5 Å². The van der Waals surface area contributed by atoms with Gasteiger partial charge >= 0.3 is 0 Å².